The molecule has 0 saturated carbocycles. The molecule has 1 amide bonds. The van der Waals surface area contributed by atoms with Crippen molar-refractivity contribution in [3.8, 4) is 0 Å². The minimum atomic E-state index is -0.0907. The number of carbonyl (C=O) groups excluding carboxylic acids is 1. The van der Waals surface area contributed by atoms with E-state index in [1.54, 1.807) is 35.4 Å². The molecule has 1 N–H and O–H groups in total. The Morgan fingerprint density at radius 1 is 1.07 bits per heavy atom. The van der Waals surface area contributed by atoms with Crippen molar-refractivity contribution in [1.29, 1.82) is 0 Å². The maximum Gasteiger partial charge on any atom is 0.328 e. The number of imidazole rings is 1. The molecule has 0 atom stereocenters. The van der Waals surface area contributed by atoms with Gasteiger partial charge in [0.25, 0.3) is 5.91 Å². The highest BCUT2D eigenvalue weighted by atomic mass is 35.5. The van der Waals surface area contributed by atoms with Crippen molar-refractivity contribution in [1.82, 2.24) is 19.4 Å². The Bertz CT molecular complexity index is 1130. The van der Waals surface area contributed by atoms with Gasteiger partial charge < -0.3 is 5.32 Å². The number of carbonyl (C=O) groups is 1. The fraction of sp³-hybridized carbons (Fsp3) is 0.391. The predicted octanol–water partition coefficient (Wildman–Crippen LogP) is 3.17. The van der Waals surface area contributed by atoms with Crippen LogP contribution in [0.4, 0.5) is 0 Å². The number of rotatable bonds is 5. The molecule has 6 nitrogen and oxygen atoms in total. The number of benzene rings is 2. The minimum Gasteiger partial charge on any atom is -0.352 e. The number of halogens is 1. The normalized spacial score (nSPS) is 15.6. The van der Waals surface area contributed by atoms with Gasteiger partial charge in [0.2, 0.25) is 0 Å². The van der Waals surface area contributed by atoms with E-state index in [2.05, 4.69) is 16.3 Å². The quantitative estimate of drug-likeness (QED) is 0.681. The Morgan fingerprint density at radius 3 is 2.53 bits per heavy atom. The van der Waals surface area contributed by atoms with Crippen LogP contribution in [0.15, 0.2) is 47.3 Å². The summed E-state index contributed by atoms with van der Waals surface area (Å²) in [6, 6.07) is 13.4. The van der Waals surface area contributed by atoms with Crippen molar-refractivity contribution < 1.29 is 4.79 Å². The number of likely N-dealkylation sites (tertiary alicyclic amines) is 1. The lowest BCUT2D eigenvalue weighted by molar-refractivity contribution is 0.0935. The molecular formula is C23H27ClN4O2. The number of aryl methyl sites for hydroxylation is 2. The molecule has 1 aromatic heterocycles. The van der Waals surface area contributed by atoms with Crippen LogP contribution in [-0.4, -0.2) is 39.6 Å². The molecule has 0 unspecified atom stereocenters. The lowest BCUT2D eigenvalue weighted by atomic mass is 9.96. The number of fused-ring (bicyclic) bond motifs is 1. The standard InChI is InChI=1S/C23H27ClN4O2/c1-26-20-7-6-18(13-21(20)27(2)23(26)30)22(29)25-14-16-8-10-28(11-9-16)15-17-4-3-5-19(24)12-17/h3-7,12-13,16H,8-11,14-15H2,1-2H3,(H,25,29). The SMILES string of the molecule is Cn1c(=O)n(C)c2cc(C(=O)NCC3CCN(Cc4cccc(Cl)c4)CC3)ccc21. The summed E-state index contributed by atoms with van der Waals surface area (Å²) in [5.41, 5.74) is 3.32. The van der Waals surface area contributed by atoms with E-state index in [1.165, 1.54) is 5.56 Å². The third-order valence-electron chi connectivity index (χ3n) is 6.09. The smallest absolute Gasteiger partial charge is 0.328 e. The van der Waals surface area contributed by atoms with Gasteiger partial charge in [-0.25, -0.2) is 4.79 Å². The summed E-state index contributed by atoms with van der Waals surface area (Å²) in [6.45, 7) is 3.63. The van der Waals surface area contributed by atoms with Crippen LogP contribution in [0.3, 0.4) is 0 Å². The van der Waals surface area contributed by atoms with Crippen LogP contribution in [0.25, 0.3) is 11.0 Å². The molecule has 158 valence electrons. The summed E-state index contributed by atoms with van der Waals surface area (Å²) in [5, 5.41) is 3.85. The monoisotopic (exact) mass is 426 g/mol. The highest BCUT2D eigenvalue weighted by Crippen LogP contribution is 2.20. The molecule has 2 heterocycles. The van der Waals surface area contributed by atoms with E-state index in [-0.39, 0.29) is 11.6 Å². The van der Waals surface area contributed by atoms with Crippen LogP contribution >= 0.6 is 11.6 Å². The van der Waals surface area contributed by atoms with E-state index >= 15 is 0 Å². The molecule has 1 aliphatic heterocycles. The predicted molar refractivity (Wildman–Crippen MR) is 120 cm³/mol. The van der Waals surface area contributed by atoms with Crippen molar-refractivity contribution >= 4 is 28.5 Å². The molecule has 7 heteroatoms. The molecule has 0 bridgehead atoms. The maximum atomic E-state index is 12.6. The first kappa shape index (κ1) is 20.7. The van der Waals surface area contributed by atoms with E-state index in [1.807, 2.05) is 24.3 Å². The van der Waals surface area contributed by atoms with Crippen LogP contribution in [0, 0.1) is 5.92 Å². The molecule has 1 saturated heterocycles. The first-order valence-electron chi connectivity index (χ1n) is 10.3. The summed E-state index contributed by atoms with van der Waals surface area (Å²) in [5.74, 6) is 0.393. The van der Waals surface area contributed by atoms with E-state index in [0.29, 0.717) is 18.0 Å². The molecule has 1 aliphatic rings. The van der Waals surface area contributed by atoms with Gasteiger partial charge in [0.15, 0.2) is 0 Å². The summed E-state index contributed by atoms with van der Waals surface area (Å²) < 4.78 is 3.16. The van der Waals surface area contributed by atoms with Crippen molar-refractivity contribution in [2.45, 2.75) is 19.4 Å². The summed E-state index contributed by atoms with van der Waals surface area (Å²) >= 11 is 6.08. The topological polar surface area (TPSA) is 59.3 Å². The van der Waals surface area contributed by atoms with Crippen molar-refractivity contribution in [2.75, 3.05) is 19.6 Å². The second-order valence-corrected chi connectivity index (χ2v) is 8.60. The van der Waals surface area contributed by atoms with Crippen LogP contribution < -0.4 is 11.0 Å². The zero-order valence-corrected chi connectivity index (χ0v) is 18.2. The lowest BCUT2D eigenvalue weighted by Crippen LogP contribution is -2.38. The largest absolute Gasteiger partial charge is 0.352 e. The fourth-order valence-electron chi connectivity index (χ4n) is 4.23. The maximum absolute atomic E-state index is 12.6. The van der Waals surface area contributed by atoms with Gasteiger partial charge >= 0.3 is 5.69 Å². The Balaban J connectivity index is 1.30. The molecule has 4 rings (SSSR count). The molecule has 0 spiro atoms. The Kier molecular flexibility index (Phi) is 5.97. The number of aromatic nitrogens is 2. The zero-order chi connectivity index (χ0) is 21.3. The van der Waals surface area contributed by atoms with Gasteiger partial charge in [0.1, 0.15) is 0 Å². The van der Waals surface area contributed by atoms with E-state index < -0.39 is 0 Å². The Hall–Kier alpha value is -2.57. The highest BCUT2D eigenvalue weighted by molar-refractivity contribution is 6.30. The van der Waals surface area contributed by atoms with Gasteiger partial charge in [-0.1, -0.05) is 23.7 Å². The number of piperidine rings is 1. The van der Waals surface area contributed by atoms with Gasteiger partial charge in [0.05, 0.1) is 11.0 Å². The van der Waals surface area contributed by atoms with Gasteiger partial charge in [-0.3, -0.25) is 18.8 Å². The molecule has 2 aromatic carbocycles. The highest BCUT2D eigenvalue weighted by Gasteiger charge is 2.20. The summed E-state index contributed by atoms with van der Waals surface area (Å²) in [7, 11) is 3.46. The Labute approximate surface area is 181 Å². The Morgan fingerprint density at radius 2 is 1.80 bits per heavy atom. The molecule has 30 heavy (non-hydrogen) atoms. The minimum absolute atomic E-state index is 0.0884. The van der Waals surface area contributed by atoms with Crippen LogP contribution in [0.5, 0.6) is 0 Å². The second kappa shape index (κ2) is 8.66. The average molecular weight is 427 g/mol. The van der Waals surface area contributed by atoms with Crippen molar-refractivity contribution in [3.63, 3.8) is 0 Å². The summed E-state index contributed by atoms with van der Waals surface area (Å²) in [4.78, 5) is 27.2. The lowest BCUT2D eigenvalue weighted by Gasteiger charge is -2.32. The molecule has 0 aliphatic carbocycles. The molecule has 1 fully saturated rings. The molecular weight excluding hydrogens is 400 g/mol. The van der Waals surface area contributed by atoms with E-state index in [4.69, 9.17) is 11.6 Å². The number of amides is 1. The number of nitrogens with one attached hydrogen (secondary N) is 1. The first-order chi connectivity index (χ1) is 14.4. The molecule has 3 aromatic rings. The average Bonchev–Trinajstić information content (AvgIpc) is 2.97. The van der Waals surface area contributed by atoms with Crippen molar-refractivity contribution in [3.05, 3.63) is 69.1 Å². The van der Waals surface area contributed by atoms with Crippen molar-refractivity contribution in [2.24, 2.45) is 20.0 Å². The van der Waals surface area contributed by atoms with Gasteiger partial charge in [0, 0.05) is 37.8 Å². The fourth-order valence-corrected chi connectivity index (χ4v) is 4.44. The third-order valence-corrected chi connectivity index (χ3v) is 6.32. The second-order valence-electron chi connectivity index (χ2n) is 8.16. The molecule has 0 radical (unpaired) electrons. The zero-order valence-electron chi connectivity index (χ0n) is 17.4. The number of hydrogen-bond donors (Lipinski definition) is 1. The van der Waals surface area contributed by atoms with Crippen LogP contribution in [0.1, 0.15) is 28.8 Å². The number of hydrogen-bond acceptors (Lipinski definition) is 3. The van der Waals surface area contributed by atoms with Crippen LogP contribution in [-0.2, 0) is 20.6 Å². The van der Waals surface area contributed by atoms with Gasteiger partial charge in [-0.15, -0.1) is 0 Å². The summed E-state index contributed by atoms with van der Waals surface area (Å²) in [6.07, 6.45) is 2.13. The number of nitrogens with zero attached hydrogens (tertiary/aromatic N) is 3. The van der Waals surface area contributed by atoms with Gasteiger partial charge in [-0.2, -0.15) is 0 Å². The first-order valence-corrected chi connectivity index (χ1v) is 10.7. The van der Waals surface area contributed by atoms with Gasteiger partial charge in [-0.05, 0) is 67.7 Å². The van der Waals surface area contributed by atoms with E-state index in [9.17, 15) is 9.59 Å². The van der Waals surface area contributed by atoms with Crippen LogP contribution in [0.2, 0.25) is 5.02 Å². The third kappa shape index (κ3) is 4.30. The van der Waals surface area contributed by atoms with E-state index in [0.717, 1.165) is 48.5 Å².